The van der Waals surface area contributed by atoms with Crippen molar-refractivity contribution in [3.05, 3.63) is 76.8 Å². The van der Waals surface area contributed by atoms with E-state index in [1.165, 1.54) is 12.1 Å². The maximum Gasteiger partial charge on any atom is 0.416 e. The zero-order chi connectivity index (χ0) is 21.2. The minimum atomic E-state index is -4.40. The highest BCUT2D eigenvalue weighted by Gasteiger charge is 2.31. The first-order valence-electron chi connectivity index (χ1n) is 9.07. The van der Waals surface area contributed by atoms with Crippen LogP contribution in [0.2, 0.25) is 5.02 Å². The van der Waals surface area contributed by atoms with E-state index in [2.05, 4.69) is 0 Å². The number of hydrogen-bond acceptors (Lipinski definition) is 2. The molecule has 2 unspecified atom stereocenters. The average Bonchev–Trinajstić information content (AvgIpc) is 2.67. The van der Waals surface area contributed by atoms with Gasteiger partial charge >= 0.3 is 6.18 Å². The van der Waals surface area contributed by atoms with Gasteiger partial charge in [0, 0.05) is 0 Å². The summed E-state index contributed by atoms with van der Waals surface area (Å²) in [6.07, 6.45) is -3.88. The molecule has 0 fully saturated rings. The van der Waals surface area contributed by atoms with Crippen molar-refractivity contribution in [2.24, 2.45) is 0 Å². The molecular weight excluding hydrogens is 419 g/mol. The monoisotopic (exact) mass is 439 g/mol. The Bertz CT molecular complexity index is 1020. The lowest BCUT2D eigenvalue weighted by atomic mass is 10.1. The summed E-state index contributed by atoms with van der Waals surface area (Å²) in [5, 5.41) is 1.78. The van der Waals surface area contributed by atoms with Crippen LogP contribution in [0.25, 0.3) is 10.8 Å². The average molecular weight is 440 g/mol. The van der Waals surface area contributed by atoms with Crippen LogP contribution in [0.3, 0.4) is 0 Å². The summed E-state index contributed by atoms with van der Waals surface area (Å²) in [6.45, 7) is 0.641. The topological polar surface area (TPSA) is 20.3 Å². The lowest BCUT2D eigenvalue weighted by molar-refractivity contribution is -0.137. The molecule has 2 atom stereocenters. The third-order valence-electron chi connectivity index (χ3n) is 4.72. The molecule has 0 saturated carbocycles. The van der Waals surface area contributed by atoms with Crippen LogP contribution < -0.4 is 0 Å². The van der Waals surface area contributed by atoms with Gasteiger partial charge in [0.25, 0.3) is 0 Å². The van der Waals surface area contributed by atoms with Gasteiger partial charge in [-0.25, -0.2) is 0 Å². The SMILES string of the molecule is CN(C)CCC(c1ccc(C(F)(F)F)cc1)S(=O)c1cc2ccccc2cc1Cl. The molecule has 0 aromatic heterocycles. The van der Waals surface area contributed by atoms with Crippen LogP contribution in [-0.4, -0.2) is 29.7 Å². The van der Waals surface area contributed by atoms with Gasteiger partial charge in [-0.15, -0.1) is 0 Å². The summed E-state index contributed by atoms with van der Waals surface area (Å²) in [5.74, 6) is 0. The Morgan fingerprint density at radius 3 is 2.14 bits per heavy atom. The Hall–Kier alpha value is -1.89. The first kappa shape index (κ1) is 21.8. The Kier molecular flexibility index (Phi) is 6.66. The largest absolute Gasteiger partial charge is 0.416 e. The highest BCUT2D eigenvalue weighted by Crippen LogP contribution is 2.36. The van der Waals surface area contributed by atoms with E-state index in [1.54, 1.807) is 12.1 Å². The molecule has 0 N–H and O–H groups in total. The van der Waals surface area contributed by atoms with Crippen molar-refractivity contribution in [1.82, 2.24) is 4.90 Å². The van der Waals surface area contributed by atoms with E-state index in [4.69, 9.17) is 11.6 Å². The maximum absolute atomic E-state index is 13.5. The number of fused-ring (bicyclic) bond motifs is 1. The zero-order valence-electron chi connectivity index (χ0n) is 16.0. The summed E-state index contributed by atoms with van der Waals surface area (Å²) in [6, 6.07) is 16.1. The van der Waals surface area contributed by atoms with Crippen LogP contribution >= 0.6 is 11.6 Å². The molecule has 3 aromatic carbocycles. The van der Waals surface area contributed by atoms with Gasteiger partial charge < -0.3 is 4.90 Å². The molecule has 3 aromatic rings. The minimum Gasteiger partial charge on any atom is -0.309 e. The minimum absolute atomic E-state index is 0.392. The van der Waals surface area contributed by atoms with Crippen LogP contribution in [0.15, 0.2) is 65.6 Å². The van der Waals surface area contributed by atoms with Crippen LogP contribution in [0, 0.1) is 0 Å². The molecule has 0 bridgehead atoms. The Balaban J connectivity index is 2.00. The third-order valence-corrected chi connectivity index (χ3v) is 6.94. The Morgan fingerprint density at radius 1 is 1.00 bits per heavy atom. The maximum atomic E-state index is 13.5. The van der Waals surface area contributed by atoms with Gasteiger partial charge in [0.05, 0.1) is 31.5 Å². The van der Waals surface area contributed by atoms with Crippen molar-refractivity contribution in [1.29, 1.82) is 0 Å². The molecular formula is C22H21ClF3NOS. The molecule has 3 rings (SSSR count). The van der Waals surface area contributed by atoms with Crippen molar-refractivity contribution in [2.75, 3.05) is 20.6 Å². The summed E-state index contributed by atoms with van der Waals surface area (Å²) in [4.78, 5) is 2.45. The Morgan fingerprint density at radius 2 is 1.59 bits per heavy atom. The molecule has 0 saturated heterocycles. The number of hydrogen-bond donors (Lipinski definition) is 0. The molecule has 7 heteroatoms. The van der Waals surface area contributed by atoms with Crippen molar-refractivity contribution in [3.8, 4) is 0 Å². The standard InChI is InChI=1S/C22H21ClF3NOS/c1-27(2)12-11-20(15-7-9-18(10-8-15)22(24,25)26)29(28)21-14-17-6-4-3-5-16(17)13-19(21)23/h3-10,13-14,20H,11-12H2,1-2H3. The molecule has 0 aliphatic carbocycles. The predicted octanol–water partition coefficient (Wildman–Crippen LogP) is 6.31. The van der Waals surface area contributed by atoms with Crippen LogP contribution in [0.5, 0.6) is 0 Å². The van der Waals surface area contributed by atoms with E-state index in [9.17, 15) is 17.4 Å². The predicted molar refractivity (Wildman–Crippen MR) is 113 cm³/mol. The van der Waals surface area contributed by atoms with Crippen molar-refractivity contribution >= 4 is 33.2 Å². The lowest BCUT2D eigenvalue weighted by Gasteiger charge is -2.21. The quantitative estimate of drug-likeness (QED) is 0.448. The van der Waals surface area contributed by atoms with E-state index < -0.39 is 27.8 Å². The zero-order valence-corrected chi connectivity index (χ0v) is 17.6. The summed E-state index contributed by atoms with van der Waals surface area (Å²) >= 11 is 6.43. The second kappa shape index (κ2) is 8.86. The lowest BCUT2D eigenvalue weighted by Crippen LogP contribution is -2.18. The van der Waals surface area contributed by atoms with E-state index >= 15 is 0 Å². The van der Waals surface area contributed by atoms with E-state index in [1.807, 2.05) is 43.3 Å². The summed E-state index contributed by atoms with van der Waals surface area (Å²) in [7, 11) is 2.27. The number of benzene rings is 3. The van der Waals surface area contributed by atoms with Crippen molar-refractivity contribution in [3.63, 3.8) is 0 Å². The summed E-state index contributed by atoms with van der Waals surface area (Å²) in [5.41, 5.74) is -0.121. The molecule has 29 heavy (non-hydrogen) atoms. The second-order valence-corrected chi connectivity index (χ2v) is 9.14. The molecule has 0 radical (unpaired) electrons. The fraction of sp³-hybridized carbons (Fsp3) is 0.273. The normalized spacial score (nSPS) is 14.3. The number of halogens is 4. The smallest absolute Gasteiger partial charge is 0.309 e. The highest BCUT2D eigenvalue weighted by atomic mass is 35.5. The number of rotatable bonds is 6. The van der Waals surface area contributed by atoms with E-state index in [0.29, 0.717) is 28.4 Å². The van der Waals surface area contributed by atoms with Gasteiger partial charge in [-0.2, -0.15) is 13.2 Å². The fourth-order valence-corrected chi connectivity index (χ4v) is 5.08. The first-order valence-corrected chi connectivity index (χ1v) is 10.7. The molecule has 0 aliphatic heterocycles. The van der Waals surface area contributed by atoms with Crippen LogP contribution in [0.4, 0.5) is 13.2 Å². The highest BCUT2D eigenvalue weighted by molar-refractivity contribution is 7.85. The van der Waals surface area contributed by atoms with Crippen LogP contribution in [0.1, 0.15) is 22.8 Å². The van der Waals surface area contributed by atoms with Crippen molar-refractivity contribution in [2.45, 2.75) is 22.7 Å². The molecule has 0 spiro atoms. The Labute approximate surface area is 175 Å². The van der Waals surface area contributed by atoms with Gasteiger partial charge in [-0.1, -0.05) is 48.0 Å². The van der Waals surface area contributed by atoms with Crippen LogP contribution in [-0.2, 0) is 17.0 Å². The van der Waals surface area contributed by atoms with Gasteiger partial charge in [-0.3, -0.25) is 4.21 Å². The molecule has 0 aliphatic rings. The van der Waals surface area contributed by atoms with E-state index in [-0.39, 0.29) is 0 Å². The number of nitrogens with zero attached hydrogens (tertiary/aromatic N) is 1. The van der Waals surface area contributed by atoms with Gasteiger partial charge in [0.1, 0.15) is 0 Å². The number of alkyl halides is 3. The van der Waals surface area contributed by atoms with Gasteiger partial charge in [0.15, 0.2) is 0 Å². The third kappa shape index (κ3) is 5.18. The van der Waals surface area contributed by atoms with Gasteiger partial charge in [0.2, 0.25) is 0 Å². The fourth-order valence-electron chi connectivity index (χ4n) is 3.16. The second-order valence-electron chi connectivity index (χ2n) is 7.13. The van der Waals surface area contributed by atoms with Crippen molar-refractivity contribution < 1.29 is 17.4 Å². The molecule has 0 amide bonds. The first-order chi connectivity index (χ1) is 13.7. The summed E-state index contributed by atoms with van der Waals surface area (Å²) < 4.78 is 52.2. The molecule has 2 nitrogen and oxygen atoms in total. The molecule has 0 heterocycles. The molecule has 154 valence electrons. The van der Waals surface area contributed by atoms with Gasteiger partial charge in [-0.05, 0) is 67.7 Å². The van der Waals surface area contributed by atoms with E-state index in [0.717, 1.165) is 22.9 Å².